The van der Waals surface area contributed by atoms with Gasteiger partial charge in [-0.3, -0.25) is 0 Å². The Hall–Kier alpha value is -3.65. The van der Waals surface area contributed by atoms with Crippen LogP contribution in [-0.2, 0) is 10.0 Å². The van der Waals surface area contributed by atoms with E-state index in [4.69, 9.17) is 4.74 Å². The number of rotatable bonds is 4. The molecule has 3 aromatic heterocycles. The third-order valence-corrected chi connectivity index (χ3v) is 6.94. The van der Waals surface area contributed by atoms with Crippen molar-refractivity contribution < 1.29 is 17.6 Å². The molecule has 0 spiro atoms. The molecule has 0 saturated heterocycles. The molecular formula is C22H19N4O3S+. The number of benzene rings is 2. The third kappa shape index (κ3) is 2.68. The van der Waals surface area contributed by atoms with Crippen LogP contribution in [-0.4, -0.2) is 29.5 Å². The summed E-state index contributed by atoms with van der Waals surface area (Å²) < 4.78 is 35.5. The second-order valence-corrected chi connectivity index (χ2v) is 8.75. The lowest BCUT2D eigenvalue weighted by atomic mass is 10.1. The minimum absolute atomic E-state index is 0.230. The van der Waals surface area contributed by atoms with Gasteiger partial charge in [-0.25, -0.2) is 21.8 Å². The Balaban J connectivity index is 1.84. The molecular weight excluding hydrogens is 400 g/mol. The van der Waals surface area contributed by atoms with E-state index in [1.165, 1.54) is 3.97 Å². The molecule has 0 amide bonds. The van der Waals surface area contributed by atoms with E-state index < -0.39 is 10.0 Å². The van der Waals surface area contributed by atoms with Gasteiger partial charge in [-0.2, -0.15) is 0 Å². The zero-order chi connectivity index (χ0) is 20.9. The average Bonchev–Trinajstić information content (AvgIpc) is 3.32. The van der Waals surface area contributed by atoms with Gasteiger partial charge < -0.3 is 4.74 Å². The highest BCUT2D eigenvalue weighted by molar-refractivity contribution is 7.90. The van der Waals surface area contributed by atoms with Crippen LogP contribution in [0.2, 0.25) is 0 Å². The maximum atomic E-state index is 13.4. The molecule has 0 saturated carbocycles. The molecule has 0 aliphatic heterocycles. The van der Waals surface area contributed by atoms with Gasteiger partial charge >= 0.3 is 5.78 Å². The lowest BCUT2D eigenvalue weighted by molar-refractivity contribution is -0.519. The van der Waals surface area contributed by atoms with Crippen molar-refractivity contribution in [1.29, 1.82) is 0 Å². The SMILES string of the molecule is COc1ccc2c(c1)c(-c1[nH]c3nccc[n+]3c1C)cn2S(=O)(=O)c1ccccc1. The monoisotopic (exact) mass is 419 g/mol. The topological polar surface area (TPSA) is 81.1 Å². The number of nitrogens with zero attached hydrogens (tertiary/aromatic N) is 3. The summed E-state index contributed by atoms with van der Waals surface area (Å²) in [6.45, 7) is 1.97. The van der Waals surface area contributed by atoms with Gasteiger partial charge in [0, 0.05) is 23.2 Å². The summed E-state index contributed by atoms with van der Waals surface area (Å²) >= 11 is 0. The van der Waals surface area contributed by atoms with E-state index >= 15 is 0 Å². The molecule has 0 atom stereocenters. The summed E-state index contributed by atoms with van der Waals surface area (Å²) in [4.78, 5) is 7.91. The van der Waals surface area contributed by atoms with Crippen LogP contribution in [0, 0.1) is 6.92 Å². The molecule has 0 fully saturated rings. The molecule has 0 radical (unpaired) electrons. The molecule has 0 bridgehead atoms. The zero-order valence-electron chi connectivity index (χ0n) is 16.4. The first-order valence-corrected chi connectivity index (χ1v) is 10.8. The zero-order valence-corrected chi connectivity index (χ0v) is 17.2. The number of ether oxygens (including phenoxy) is 1. The number of aromatic amines is 1. The second-order valence-electron chi connectivity index (χ2n) is 6.94. The van der Waals surface area contributed by atoms with Gasteiger partial charge in [0.2, 0.25) is 0 Å². The number of aromatic nitrogens is 4. The summed E-state index contributed by atoms with van der Waals surface area (Å²) in [5.74, 6) is 1.33. The van der Waals surface area contributed by atoms with Gasteiger partial charge in [0.05, 0.1) is 23.7 Å². The molecule has 7 nitrogen and oxygen atoms in total. The lowest BCUT2D eigenvalue weighted by Gasteiger charge is -2.07. The Morgan fingerprint density at radius 1 is 1.10 bits per heavy atom. The van der Waals surface area contributed by atoms with Crippen LogP contribution in [0.4, 0.5) is 0 Å². The predicted molar refractivity (Wildman–Crippen MR) is 113 cm³/mol. The highest BCUT2D eigenvalue weighted by atomic mass is 32.2. The van der Waals surface area contributed by atoms with Crippen molar-refractivity contribution in [3.05, 3.63) is 78.9 Å². The van der Waals surface area contributed by atoms with E-state index in [1.807, 2.05) is 29.7 Å². The van der Waals surface area contributed by atoms with Crippen molar-refractivity contribution in [3.63, 3.8) is 0 Å². The van der Waals surface area contributed by atoms with Crippen molar-refractivity contribution in [1.82, 2.24) is 13.9 Å². The highest BCUT2D eigenvalue weighted by Gasteiger charge is 2.26. The fourth-order valence-electron chi connectivity index (χ4n) is 3.73. The summed E-state index contributed by atoms with van der Waals surface area (Å²) in [5.41, 5.74) is 3.06. The Kier molecular flexibility index (Phi) is 4.11. The molecule has 2 aromatic carbocycles. The molecule has 150 valence electrons. The Morgan fingerprint density at radius 3 is 2.63 bits per heavy atom. The van der Waals surface area contributed by atoms with Gasteiger partial charge in [0.1, 0.15) is 23.3 Å². The molecule has 5 aromatic rings. The Labute approximate surface area is 173 Å². The van der Waals surface area contributed by atoms with Crippen LogP contribution >= 0.6 is 0 Å². The van der Waals surface area contributed by atoms with Crippen LogP contribution in [0.5, 0.6) is 5.75 Å². The van der Waals surface area contributed by atoms with E-state index in [1.54, 1.807) is 62.0 Å². The number of hydrogen-bond donors (Lipinski definition) is 1. The van der Waals surface area contributed by atoms with E-state index in [0.29, 0.717) is 17.0 Å². The van der Waals surface area contributed by atoms with Crippen LogP contribution in [0.3, 0.4) is 0 Å². The number of imidazole rings is 1. The number of fused-ring (bicyclic) bond motifs is 2. The largest absolute Gasteiger partial charge is 0.497 e. The molecule has 0 unspecified atom stereocenters. The minimum atomic E-state index is -3.78. The first-order chi connectivity index (χ1) is 14.5. The highest BCUT2D eigenvalue weighted by Crippen LogP contribution is 2.35. The molecule has 0 aliphatic rings. The van der Waals surface area contributed by atoms with Gasteiger partial charge in [-0.1, -0.05) is 23.2 Å². The molecule has 0 aliphatic carbocycles. The number of methoxy groups -OCH3 is 1. The van der Waals surface area contributed by atoms with Crippen LogP contribution < -0.4 is 9.14 Å². The van der Waals surface area contributed by atoms with Crippen molar-refractivity contribution in [2.24, 2.45) is 0 Å². The fourth-order valence-corrected chi connectivity index (χ4v) is 5.12. The van der Waals surface area contributed by atoms with Crippen LogP contribution in [0.25, 0.3) is 27.9 Å². The summed E-state index contributed by atoms with van der Waals surface area (Å²) in [7, 11) is -2.19. The van der Waals surface area contributed by atoms with E-state index in [9.17, 15) is 8.42 Å². The molecule has 30 heavy (non-hydrogen) atoms. The van der Waals surface area contributed by atoms with Crippen molar-refractivity contribution >= 4 is 26.7 Å². The van der Waals surface area contributed by atoms with E-state index in [0.717, 1.165) is 22.3 Å². The average molecular weight is 419 g/mol. The predicted octanol–water partition coefficient (Wildman–Crippen LogP) is 3.32. The molecule has 5 rings (SSSR count). The normalized spacial score (nSPS) is 11.9. The maximum Gasteiger partial charge on any atom is 0.401 e. The van der Waals surface area contributed by atoms with E-state index in [2.05, 4.69) is 9.97 Å². The smallest absolute Gasteiger partial charge is 0.401 e. The van der Waals surface area contributed by atoms with Crippen molar-refractivity contribution in [2.75, 3.05) is 7.11 Å². The van der Waals surface area contributed by atoms with Crippen LogP contribution in [0.1, 0.15) is 5.69 Å². The second kappa shape index (κ2) is 6.70. The molecule has 8 heteroatoms. The number of aryl methyl sites for hydroxylation is 1. The Bertz CT molecular complexity index is 1500. The van der Waals surface area contributed by atoms with E-state index in [-0.39, 0.29) is 4.90 Å². The summed E-state index contributed by atoms with van der Waals surface area (Å²) in [6.07, 6.45) is 5.28. The van der Waals surface area contributed by atoms with Gasteiger partial charge in [0.15, 0.2) is 0 Å². The number of hydrogen-bond acceptors (Lipinski definition) is 4. The fraction of sp³-hybridized carbons (Fsp3) is 0.0909. The molecule has 1 N–H and O–H groups in total. The van der Waals surface area contributed by atoms with Crippen molar-refractivity contribution in [3.8, 4) is 17.0 Å². The quantitative estimate of drug-likeness (QED) is 0.453. The lowest BCUT2D eigenvalue weighted by Crippen LogP contribution is -2.22. The number of H-pyrrole nitrogens is 1. The van der Waals surface area contributed by atoms with Gasteiger partial charge in [-0.15, -0.1) is 0 Å². The summed E-state index contributed by atoms with van der Waals surface area (Å²) in [5, 5.41) is 0.768. The van der Waals surface area contributed by atoms with Crippen molar-refractivity contribution in [2.45, 2.75) is 11.8 Å². The van der Waals surface area contributed by atoms with Gasteiger partial charge in [-0.05, 0) is 37.3 Å². The third-order valence-electron chi connectivity index (χ3n) is 5.25. The minimum Gasteiger partial charge on any atom is -0.497 e. The first kappa shape index (κ1) is 18.4. The molecule has 3 heterocycles. The summed E-state index contributed by atoms with van der Waals surface area (Å²) in [6, 6.07) is 15.6. The standard InChI is InChI=1S/C22H18N4O3S/c1-15-21(24-22-23-11-6-12-25(15)22)19-14-26(20-10-9-16(29-2)13-18(19)20)30(27,28)17-7-4-3-5-8-17/h3-14H,1-2H3/p+1. The number of nitrogens with one attached hydrogen (secondary N) is 1. The van der Waals surface area contributed by atoms with Gasteiger partial charge in [0.25, 0.3) is 10.0 Å². The maximum absolute atomic E-state index is 13.4. The van der Waals surface area contributed by atoms with Crippen LogP contribution in [0.15, 0.2) is 78.1 Å². The Morgan fingerprint density at radius 2 is 1.90 bits per heavy atom. The first-order valence-electron chi connectivity index (χ1n) is 9.36.